The Morgan fingerprint density at radius 1 is 0.281 bits per heavy atom. The van der Waals surface area contributed by atoms with E-state index < -0.39 is 0 Å². The number of rotatable bonds is 5. The SMILES string of the molecule is c1ccc(-c2cccc(-n3c4ccccc4c4cc(-c5ccc6c(c5)c5c7oc8ccccc8c7ccc5n6-c5cccc(-c6ccccc6)c5)ccc43)c2)cc1. The van der Waals surface area contributed by atoms with E-state index in [9.17, 15) is 0 Å². The standard InChI is InChI=1S/C54H34N2O/c1-3-13-35(14-4-1)37-17-11-19-41(31-37)55-48-23-9-7-21-43(48)46-33-39(25-28-49(46)55)40-26-29-50-47(34-40)53-51(30-27-45-44-22-8-10-24-52(44)57-54(45)53)56(50)42-20-12-18-38(32-42)36-15-5-2-6-16-36/h1-34H. The van der Waals surface area contributed by atoms with E-state index in [2.05, 4.69) is 209 Å². The molecule has 12 rings (SSSR count). The van der Waals surface area contributed by atoms with Gasteiger partial charge in [0.05, 0.1) is 27.5 Å². The molecule has 0 spiro atoms. The van der Waals surface area contributed by atoms with E-state index in [-0.39, 0.29) is 0 Å². The summed E-state index contributed by atoms with van der Waals surface area (Å²) in [5, 5.41) is 7.02. The van der Waals surface area contributed by atoms with Crippen LogP contribution in [0.15, 0.2) is 211 Å². The predicted molar refractivity (Wildman–Crippen MR) is 239 cm³/mol. The molecule has 9 aromatic carbocycles. The highest BCUT2D eigenvalue weighted by Crippen LogP contribution is 2.43. The van der Waals surface area contributed by atoms with Crippen molar-refractivity contribution >= 4 is 65.6 Å². The Kier molecular flexibility index (Phi) is 6.93. The Balaban J connectivity index is 1.07. The highest BCUT2D eigenvalue weighted by atomic mass is 16.3. The van der Waals surface area contributed by atoms with Crippen LogP contribution in [0.5, 0.6) is 0 Å². The molecule has 0 bridgehead atoms. The smallest absolute Gasteiger partial charge is 0.145 e. The van der Waals surface area contributed by atoms with Crippen LogP contribution >= 0.6 is 0 Å². The number of hydrogen-bond donors (Lipinski definition) is 0. The molecule has 0 saturated carbocycles. The molecule has 0 N–H and O–H groups in total. The minimum absolute atomic E-state index is 0.902. The molecule has 12 aromatic rings. The molecule has 3 nitrogen and oxygen atoms in total. The number of hydrogen-bond acceptors (Lipinski definition) is 1. The quantitative estimate of drug-likeness (QED) is 0.173. The summed E-state index contributed by atoms with van der Waals surface area (Å²) < 4.78 is 11.5. The molecule has 0 aliphatic heterocycles. The maximum atomic E-state index is 6.73. The van der Waals surface area contributed by atoms with Crippen molar-refractivity contribution in [1.82, 2.24) is 9.13 Å². The van der Waals surface area contributed by atoms with E-state index in [1.807, 2.05) is 6.07 Å². The minimum Gasteiger partial charge on any atom is -0.455 e. The zero-order chi connectivity index (χ0) is 37.5. The van der Waals surface area contributed by atoms with Crippen molar-refractivity contribution in [2.24, 2.45) is 0 Å². The van der Waals surface area contributed by atoms with Gasteiger partial charge in [0.15, 0.2) is 0 Å². The van der Waals surface area contributed by atoms with Crippen molar-refractivity contribution in [3.63, 3.8) is 0 Å². The van der Waals surface area contributed by atoms with Gasteiger partial charge in [-0.2, -0.15) is 0 Å². The zero-order valence-corrected chi connectivity index (χ0v) is 30.9. The van der Waals surface area contributed by atoms with Crippen molar-refractivity contribution < 1.29 is 4.42 Å². The maximum absolute atomic E-state index is 6.73. The fourth-order valence-corrected chi connectivity index (χ4v) is 9.08. The molecule has 3 heteroatoms. The topological polar surface area (TPSA) is 23.0 Å². The van der Waals surface area contributed by atoms with E-state index in [0.717, 1.165) is 60.7 Å². The normalized spacial score (nSPS) is 11.9. The molecule has 3 heterocycles. The molecule has 266 valence electrons. The minimum atomic E-state index is 0.902. The summed E-state index contributed by atoms with van der Waals surface area (Å²) in [4.78, 5) is 0. The van der Waals surface area contributed by atoms with E-state index in [4.69, 9.17) is 4.42 Å². The Hall–Kier alpha value is -7.62. The van der Waals surface area contributed by atoms with Crippen molar-refractivity contribution in [1.29, 1.82) is 0 Å². The summed E-state index contributed by atoms with van der Waals surface area (Å²) in [6.45, 7) is 0. The Bertz CT molecular complexity index is 3510. The second kappa shape index (κ2) is 12.5. The van der Waals surface area contributed by atoms with Gasteiger partial charge in [-0.3, -0.25) is 0 Å². The Morgan fingerprint density at radius 2 is 0.772 bits per heavy atom. The lowest BCUT2D eigenvalue weighted by atomic mass is 10.00. The average molecular weight is 727 g/mol. The van der Waals surface area contributed by atoms with Gasteiger partial charge < -0.3 is 13.6 Å². The lowest BCUT2D eigenvalue weighted by Crippen LogP contribution is -1.94. The van der Waals surface area contributed by atoms with Crippen LogP contribution in [0.3, 0.4) is 0 Å². The molecular weight excluding hydrogens is 693 g/mol. The summed E-state index contributed by atoms with van der Waals surface area (Å²) in [6.07, 6.45) is 0. The van der Waals surface area contributed by atoms with Gasteiger partial charge in [-0.05, 0) is 106 Å². The largest absolute Gasteiger partial charge is 0.455 e. The molecule has 0 aliphatic rings. The molecule has 0 atom stereocenters. The second-order valence-corrected chi connectivity index (χ2v) is 14.9. The lowest BCUT2D eigenvalue weighted by Gasteiger charge is -2.11. The molecule has 0 aliphatic carbocycles. The summed E-state index contributed by atoms with van der Waals surface area (Å²) >= 11 is 0. The number of para-hydroxylation sites is 2. The van der Waals surface area contributed by atoms with Crippen LogP contribution < -0.4 is 0 Å². The third-order valence-electron chi connectivity index (χ3n) is 11.7. The average Bonchev–Trinajstić information content (AvgIpc) is 3.94. The molecule has 3 aromatic heterocycles. The van der Waals surface area contributed by atoms with Crippen LogP contribution in [0.4, 0.5) is 0 Å². The fourth-order valence-electron chi connectivity index (χ4n) is 9.08. The van der Waals surface area contributed by atoms with Gasteiger partial charge in [-0.25, -0.2) is 0 Å². The third kappa shape index (κ3) is 4.92. The van der Waals surface area contributed by atoms with E-state index in [1.54, 1.807) is 0 Å². The van der Waals surface area contributed by atoms with Crippen LogP contribution in [-0.2, 0) is 0 Å². The van der Waals surface area contributed by atoms with E-state index >= 15 is 0 Å². The van der Waals surface area contributed by atoms with Crippen LogP contribution in [0.2, 0.25) is 0 Å². The number of furan rings is 1. The van der Waals surface area contributed by atoms with Gasteiger partial charge >= 0.3 is 0 Å². The fraction of sp³-hybridized carbons (Fsp3) is 0. The molecule has 0 saturated heterocycles. The van der Waals surface area contributed by atoms with Crippen molar-refractivity contribution in [2.75, 3.05) is 0 Å². The van der Waals surface area contributed by atoms with Gasteiger partial charge in [-0.1, -0.05) is 133 Å². The molecule has 0 amide bonds. The Labute approximate surface area is 328 Å². The van der Waals surface area contributed by atoms with E-state index in [0.29, 0.717) is 0 Å². The highest BCUT2D eigenvalue weighted by molar-refractivity contribution is 6.24. The van der Waals surface area contributed by atoms with Crippen LogP contribution in [-0.4, -0.2) is 9.13 Å². The van der Waals surface area contributed by atoms with Gasteiger partial charge in [0.1, 0.15) is 11.2 Å². The van der Waals surface area contributed by atoms with Crippen LogP contribution in [0, 0.1) is 0 Å². The molecule has 0 radical (unpaired) electrons. The number of aromatic nitrogens is 2. The molecule has 0 fully saturated rings. The third-order valence-corrected chi connectivity index (χ3v) is 11.7. The van der Waals surface area contributed by atoms with Gasteiger partial charge in [0, 0.05) is 38.3 Å². The predicted octanol–water partition coefficient (Wildman–Crippen LogP) is 14.8. The van der Waals surface area contributed by atoms with Crippen LogP contribution in [0.25, 0.3) is 110 Å². The summed E-state index contributed by atoms with van der Waals surface area (Å²) in [5.74, 6) is 0. The van der Waals surface area contributed by atoms with Gasteiger partial charge in [0.25, 0.3) is 0 Å². The van der Waals surface area contributed by atoms with Crippen molar-refractivity contribution in [3.8, 4) is 44.8 Å². The summed E-state index contributed by atoms with van der Waals surface area (Å²) in [6, 6.07) is 74.4. The molecule has 0 unspecified atom stereocenters. The second-order valence-electron chi connectivity index (χ2n) is 14.9. The lowest BCUT2D eigenvalue weighted by molar-refractivity contribution is 0.673. The monoisotopic (exact) mass is 726 g/mol. The zero-order valence-electron chi connectivity index (χ0n) is 30.9. The first-order chi connectivity index (χ1) is 28.3. The first-order valence-electron chi connectivity index (χ1n) is 19.5. The van der Waals surface area contributed by atoms with Crippen LogP contribution in [0.1, 0.15) is 0 Å². The number of fused-ring (bicyclic) bond motifs is 10. The first-order valence-corrected chi connectivity index (χ1v) is 19.5. The van der Waals surface area contributed by atoms with Crippen molar-refractivity contribution in [2.45, 2.75) is 0 Å². The summed E-state index contributed by atoms with van der Waals surface area (Å²) in [7, 11) is 0. The number of benzene rings is 9. The first kappa shape index (κ1) is 31.7. The van der Waals surface area contributed by atoms with Crippen molar-refractivity contribution in [3.05, 3.63) is 206 Å². The molecule has 57 heavy (non-hydrogen) atoms. The summed E-state index contributed by atoms with van der Waals surface area (Å²) in [5.41, 5.74) is 15.9. The van der Waals surface area contributed by atoms with Gasteiger partial charge in [0.2, 0.25) is 0 Å². The van der Waals surface area contributed by atoms with E-state index in [1.165, 1.54) is 49.6 Å². The Morgan fingerprint density at radius 3 is 1.46 bits per heavy atom. The number of nitrogens with zero attached hydrogens (tertiary/aromatic N) is 2. The maximum Gasteiger partial charge on any atom is 0.145 e. The molecular formula is C54H34N2O. The van der Waals surface area contributed by atoms with Gasteiger partial charge in [-0.15, -0.1) is 0 Å². The highest BCUT2D eigenvalue weighted by Gasteiger charge is 2.20.